The third kappa shape index (κ3) is 8.43. The van der Waals surface area contributed by atoms with Gasteiger partial charge in [-0.15, -0.1) is 24.0 Å². The number of hydrogen-bond acceptors (Lipinski definition) is 5. The Balaban J connectivity index is 0.00000392. The van der Waals surface area contributed by atoms with Gasteiger partial charge in [0, 0.05) is 45.0 Å². The van der Waals surface area contributed by atoms with Crippen molar-refractivity contribution in [3.63, 3.8) is 0 Å². The number of ether oxygens (including phenoxy) is 1. The monoisotopic (exact) mass is 532 g/mol. The fourth-order valence-corrected chi connectivity index (χ4v) is 3.20. The molecule has 7 nitrogen and oxygen atoms in total. The summed E-state index contributed by atoms with van der Waals surface area (Å²) in [4.78, 5) is 6.01. The first kappa shape index (κ1) is 24.8. The zero-order valence-corrected chi connectivity index (χ0v) is 19.1. The maximum atomic E-state index is 13.9. The van der Waals surface area contributed by atoms with Crippen LogP contribution in [-0.2, 0) is 14.6 Å². The molecule has 11 heteroatoms. The Kier molecular flexibility index (Phi) is 10.4. The largest absolute Gasteiger partial charge is 0.379 e. The molecule has 0 aliphatic carbocycles. The van der Waals surface area contributed by atoms with E-state index in [9.17, 15) is 17.2 Å². The van der Waals surface area contributed by atoms with Crippen LogP contribution < -0.4 is 15.5 Å². The molecule has 1 aliphatic rings. The van der Waals surface area contributed by atoms with E-state index in [2.05, 4.69) is 15.6 Å². The molecule has 160 valence electrons. The number of sulfone groups is 1. The summed E-state index contributed by atoms with van der Waals surface area (Å²) >= 11 is 0. The molecule has 2 N–H and O–H groups in total. The van der Waals surface area contributed by atoms with Gasteiger partial charge in [-0.2, -0.15) is 0 Å². The van der Waals surface area contributed by atoms with Gasteiger partial charge in [0.1, 0.15) is 21.5 Å². The summed E-state index contributed by atoms with van der Waals surface area (Å²) in [5.41, 5.74) is 0.392. The van der Waals surface area contributed by atoms with Crippen molar-refractivity contribution in [2.45, 2.75) is 12.5 Å². The number of rotatable bonds is 8. The zero-order chi connectivity index (χ0) is 19.9. The lowest BCUT2D eigenvalue weighted by molar-refractivity contribution is 0.154. The SMILES string of the molecule is CN=C(NCCOCCS(C)(=O)=O)NC1CCN(c2ccc(F)cc2F)C1.I. The van der Waals surface area contributed by atoms with E-state index in [-0.39, 0.29) is 42.4 Å². The van der Waals surface area contributed by atoms with Crippen molar-refractivity contribution in [2.24, 2.45) is 4.99 Å². The molecule has 0 amide bonds. The van der Waals surface area contributed by atoms with Crippen LogP contribution in [0.1, 0.15) is 6.42 Å². The summed E-state index contributed by atoms with van der Waals surface area (Å²) in [5, 5.41) is 6.35. The van der Waals surface area contributed by atoms with E-state index in [1.54, 1.807) is 7.05 Å². The van der Waals surface area contributed by atoms with Crippen LogP contribution in [0.5, 0.6) is 0 Å². The van der Waals surface area contributed by atoms with Gasteiger partial charge >= 0.3 is 0 Å². The van der Waals surface area contributed by atoms with Gasteiger partial charge in [0.15, 0.2) is 5.96 Å². The Morgan fingerprint density at radius 1 is 1.36 bits per heavy atom. The van der Waals surface area contributed by atoms with Gasteiger partial charge in [0.05, 0.1) is 24.7 Å². The molecule has 1 saturated heterocycles. The van der Waals surface area contributed by atoms with E-state index < -0.39 is 21.5 Å². The highest BCUT2D eigenvalue weighted by molar-refractivity contribution is 14.0. The van der Waals surface area contributed by atoms with Crippen LogP contribution in [-0.4, -0.2) is 72.3 Å². The maximum Gasteiger partial charge on any atom is 0.191 e. The fourth-order valence-electron chi connectivity index (χ4n) is 2.78. The second kappa shape index (κ2) is 11.7. The minimum atomic E-state index is -3.02. The van der Waals surface area contributed by atoms with Crippen molar-refractivity contribution >= 4 is 45.5 Å². The molecule has 1 aromatic carbocycles. The topological polar surface area (TPSA) is 83.0 Å². The average molecular weight is 532 g/mol. The number of nitrogens with zero attached hydrogens (tertiary/aromatic N) is 2. The zero-order valence-electron chi connectivity index (χ0n) is 16.0. The summed E-state index contributed by atoms with van der Waals surface area (Å²) in [6.07, 6.45) is 1.96. The quantitative estimate of drug-likeness (QED) is 0.228. The van der Waals surface area contributed by atoms with Gasteiger partial charge < -0.3 is 20.3 Å². The first-order valence-corrected chi connectivity index (χ1v) is 10.8. The van der Waals surface area contributed by atoms with Crippen molar-refractivity contribution < 1.29 is 21.9 Å². The fraction of sp³-hybridized carbons (Fsp3) is 0.588. The number of aliphatic imine (C=N–C) groups is 1. The van der Waals surface area contributed by atoms with E-state index in [1.807, 2.05) is 4.90 Å². The summed E-state index contributed by atoms with van der Waals surface area (Å²) in [6, 6.07) is 3.67. The molecule has 1 aliphatic heterocycles. The Hall–Kier alpha value is -1.21. The van der Waals surface area contributed by atoms with Crippen molar-refractivity contribution in [1.82, 2.24) is 10.6 Å². The van der Waals surface area contributed by atoms with E-state index >= 15 is 0 Å². The molecule has 0 aromatic heterocycles. The number of hydrogen-bond donors (Lipinski definition) is 2. The lowest BCUT2D eigenvalue weighted by Crippen LogP contribution is -2.45. The third-order valence-electron chi connectivity index (χ3n) is 4.14. The van der Waals surface area contributed by atoms with Gasteiger partial charge in [-0.1, -0.05) is 0 Å². The van der Waals surface area contributed by atoms with Crippen molar-refractivity contribution in [3.05, 3.63) is 29.8 Å². The Bertz CT molecular complexity index is 765. The van der Waals surface area contributed by atoms with Gasteiger partial charge in [0.2, 0.25) is 0 Å². The maximum absolute atomic E-state index is 13.9. The molecule has 1 aromatic rings. The number of nitrogens with one attached hydrogen (secondary N) is 2. The Morgan fingerprint density at radius 2 is 2.11 bits per heavy atom. The van der Waals surface area contributed by atoms with Crippen LogP contribution in [0.4, 0.5) is 14.5 Å². The second-order valence-electron chi connectivity index (χ2n) is 6.41. The molecular weight excluding hydrogens is 505 g/mol. The van der Waals surface area contributed by atoms with Crippen LogP contribution in [0.15, 0.2) is 23.2 Å². The standard InChI is InChI=1S/C17H26F2N4O3S.HI/c1-20-17(21-6-8-26-9-10-27(2,24)25)22-14-5-7-23(12-14)16-4-3-13(18)11-15(16)19;/h3-4,11,14H,5-10,12H2,1-2H3,(H2,20,21,22);1H. The highest BCUT2D eigenvalue weighted by Gasteiger charge is 2.25. The lowest BCUT2D eigenvalue weighted by atomic mass is 10.2. The van der Waals surface area contributed by atoms with Crippen molar-refractivity contribution in [1.29, 1.82) is 0 Å². The van der Waals surface area contributed by atoms with E-state index in [1.165, 1.54) is 18.4 Å². The Labute approximate surface area is 181 Å². The normalized spacial score (nSPS) is 17.4. The van der Waals surface area contributed by atoms with Gasteiger partial charge in [-0.3, -0.25) is 4.99 Å². The van der Waals surface area contributed by atoms with Gasteiger partial charge in [-0.05, 0) is 18.6 Å². The van der Waals surface area contributed by atoms with Crippen molar-refractivity contribution in [3.8, 4) is 0 Å². The number of benzene rings is 1. The summed E-state index contributed by atoms with van der Waals surface area (Å²) in [5.74, 6) is -0.566. The van der Waals surface area contributed by atoms with Crippen LogP contribution in [0.25, 0.3) is 0 Å². The smallest absolute Gasteiger partial charge is 0.191 e. The number of guanidine groups is 1. The molecule has 1 fully saturated rings. The third-order valence-corrected chi connectivity index (χ3v) is 5.05. The highest BCUT2D eigenvalue weighted by atomic mass is 127. The van der Waals surface area contributed by atoms with Crippen LogP contribution in [0.3, 0.4) is 0 Å². The second-order valence-corrected chi connectivity index (χ2v) is 8.67. The van der Waals surface area contributed by atoms with Crippen LogP contribution in [0, 0.1) is 11.6 Å². The molecule has 1 atom stereocenters. The molecule has 1 unspecified atom stereocenters. The minimum Gasteiger partial charge on any atom is -0.379 e. The molecule has 1 heterocycles. The molecule has 28 heavy (non-hydrogen) atoms. The predicted molar refractivity (Wildman–Crippen MR) is 117 cm³/mol. The lowest BCUT2D eigenvalue weighted by Gasteiger charge is -2.21. The molecule has 0 spiro atoms. The first-order valence-electron chi connectivity index (χ1n) is 8.71. The summed E-state index contributed by atoms with van der Waals surface area (Å²) in [7, 11) is -1.37. The summed E-state index contributed by atoms with van der Waals surface area (Å²) in [6.45, 7) is 2.23. The van der Waals surface area contributed by atoms with E-state index in [0.717, 1.165) is 12.5 Å². The first-order chi connectivity index (χ1) is 12.8. The van der Waals surface area contributed by atoms with E-state index in [0.29, 0.717) is 37.9 Å². The number of anilines is 1. The average Bonchev–Trinajstić information content (AvgIpc) is 3.04. The van der Waals surface area contributed by atoms with Gasteiger partial charge in [0.25, 0.3) is 0 Å². The molecule has 0 radical (unpaired) electrons. The molecule has 0 bridgehead atoms. The predicted octanol–water partition coefficient (Wildman–Crippen LogP) is 1.39. The van der Waals surface area contributed by atoms with Gasteiger partial charge in [-0.25, -0.2) is 17.2 Å². The summed E-state index contributed by atoms with van der Waals surface area (Å²) < 4.78 is 54.2. The van der Waals surface area contributed by atoms with Crippen LogP contribution in [0.2, 0.25) is 0 Å². The highest BCUT2D eigenvalue weighted by Crippen LogP contribution is 2.24. The molecular formula is C17H27F2IN4O3S. The molecule has 0 saturated carbocycles. The van der Waals surface area contributed by atoms with Crippen LogP contribution >= 0.6 is 24.0 Å². The Morgan fingerprint density at radius 3 is 2.75 bits per heavy atom. The van der Waals surface area contributed by atoms with E-state index in [4.69, 9.17) is 4.74 Å². The molecule has 2 rings (SSSR count). The number of halogens is 3. The van der Waals surface area contributed by atoms with Crippen molar-refractivity contribution in [2.75, 3.05) is 56.8 Å². The minimum absolute atomic E-state index is 0.